The van der Waals surface area contributed by atoms with E-state index >= 15 is 0 Å². The third kappa shape index (κ3) is 3.94. The van der Waals surface area contributed by atoms with Gasteiger partial charge in [0.15, 0.2) is 6.61 Å². The Morgan fingerprint density at radius 2 is 1.77 bits per heavy atom. The van der Waals surface area contributed by atoms with Crippen LogP contribution >= 0.6 is 0 Å². The third-order valence-corrected chi connectivity index (χ3v) is 4.34. The van der Waals surface area contributed by atoms with Gasteiger partial charge in [0.25, 0.3) is 5.91 Å². The lowest BCUT2D eigenvalue weighted by Crippen LogP contribution is -2.30. The number of carbonyl (C=O) groups excluding carboxylic acids is 2. The number of fused-ring (bicyclic) bond motifs is 1. The largest absolute Gasteiger partial charge is 0.450 e. The number of hydrogen-bond donors (Lipinski definition) is 1. The second kappa shape index (κ2) is 7.87. The van der Waals surface area contributed by atoms with Crippen molar-refractivity contribution in [3.63, 3.8) is 0 Å². The number of para-hydroxylation sites is 1. The maximum atomic E-state index is 12.2. The van der Waals surface area contributed by atoms with Crippen molar-refractivity contribution in [3.8, 4) is 0 Å². The quantitative estimate of drug-likeness (QED) is 0.690. The molecule has 2 aromatic carbocycles. The number of amides is 1. The van der Waals surface area contributed by atoms with Crippen LogP contribution in [0.5, 0.6) is 0 Å². The molecule has 0 fully saturated rings. The lowest BCUT2D eigenvalue weighted by atomic mass is 10.1. The van der Waals surface area contributed by atoms with E-state index in [1.165, 1.54) is 11.1 Å². The molecule has 1 N–H and O–H groups in total. The zero-order chi connectivity index (χ0) is 18.5. The number of furan rings is 1. The monoisotopic (exact) mass is 351 g/mol. The van der Waals surface area contributed by atoms with Crippen LogP contribution in [0, 0.1) is 13.8 Å². The molecule has 3 rings (SSSR count). The van der Waals surface area contributed by atoms with Crippen LogP contribution in [0.2, 0.25) is 0 Å². The van der Waals surface area contributed by atoms with Crippen LogP contribution in [0.1, 0.15) is 27.2 Å². The fourth-order valence-corrected chi connectivity index (χ4v) is 2.84. The maximum absolute atomic E-state index is 12.2. The summed E-state index contributed by atoms with van der Waals surface area (Å²) in [6, 6.07) is 15.4. The number of aryl methyl sites for hydroxylation is 2. The second-order valence-corrected chi connectivity index (χ2v) is 6.15. The molecule has 0 spiro atoms. The van der Waals surface area contributed by atoms with E-state index in [1.807, 2.05) is 49.4 Å². The average molecular weight is 351 g/mol. The fraction of sp³-hybridized carbons (Fsp3) is 0.238. The van der Waals surface area contributed by atoms with E-state index in [2.05, 4.69) is 5.32 Å². The van der Waals surface area contributed by atoms with E-state index in [1.54, 1.807) is 13.0 Å². The summed E-state index contributed by atoms with van der Waals surface area (Å²) >= 11 is 0. The van der Waals surface area contributed by atoms with Gasteiger partial charge in [-0.25, -0.2) is 4.79 Å². The van der Waals surface area contributed by atoms with Crippen LogP contribution in [-0.2, 0) is 16.0 Å². The number of hydrogen-bond acceptors (Lipinski definition) is 4. The molecule has 0 aliphatic rings. The van der Waals surface area contributed by atoms with Crippen molar-refractivity contribution >= 4 is 22.8 Å². The predicted octanol–water partition coefficient (Wildman–Crippen LogP) is 3.57. The summed E-state index contributed by atoms with van der Waals surface area (Å²) in [6.07, 6.45) is 0.731. The van der Waals surface area contributed by atoms with Crippen molar-refractivity contribution < 1.29 is 18.7 Å². The highest BCUT2D eigenvalue weighted by Crippen LogP contribution is 2.25. The van der Waals surface area contributed by atoms with Gasteiger partial charge in [-0.3, -0.25) is 4.79 Å². The predicted molar refractivity (Wildman–Crippen MR) is 99.1 cm³/mol. The van der Waals surface area contributed by atoms with Crippen LogP contribution in [0.3, 0.4) is 0 Å². The molecule has 0 saturated heterocycles. The summed E-state index contributed by atoms with van der Waals surface area (Å²) in [7, 11) is 0. The Hall–Kier alpha value is -3.08. The van der Waals surface area contributed by atoms with Gasteiger partial charge in [0.05, 0.1) is 0 Å². The molecule has 0 radical (unpaired) electrons. The Balaban J connectivity index is 1.50. The van der Waals surface area contributed by atoms with Crippen molar-refractivity contribution in [2.45, 2.75) is 20.3 Å². The Labute approximate surface area is 152 Å². The van der Waals surface area contributed by atoms with Gasteiger partial charge in [-0.2, -0.15) is 0 Å². The second-order valence-electron chi connectivity index (χ2n) is 6.15. The van der Waals surface area contributed by atoms with Crippen LogP contribution in [0.4, 0.5) is 0 Å². The zero-order valence-electron chi connectivity index (χ0n) is 14.9. The summed E-state index contributed by atoms with van der Waals surface area (Å²) in [4.78, 5) is 24.1. The molecule has 5 heteroatoms. The van der Waals surface area contributed by atoms with E-state index in [-0.39, 0.29) is 18.3 Å². The van der Waals surface area contributed by atoms with E-state index in [0.717, 1.165) is 11.8 Å². The van der Waals surface area contributed by atoms with Crippen molar-refractivity contribution in [1.82, 2.24) is 5.32 Å². The van der Waals surface area contributed by atoms with Gasteiger partial charge in [-0.15, -0.1) is 0 Å². The highest BCUT2D eigenvalue weighted by molar-refractivity contribution is 5.96. The maximum Gasteiger partial charge on any atom is 0.375 e. The van der Waals surface area contributed by atoms with Gasteiger partial charge in [0.1, 0.15) is 5.58 Å². The Morgan fingerprint density at radius 3 is 2.54 bits per heavy atom. The topological polar surface area (TPSA) is 68.5 Å². The van der Waals surface area contributed by atoms with Gasteiger partial charge >= 0.3 is 5.97 Å². The van der Waals surface area contributed by atoms with Crippen molar-refractivity contribution in [3.05, 3.63) is 71.0 Å². The van der Waals surface area contributed by atoms with Crippen molar-refractivity contribution in [1.29, 1.82) is 0 Å². The molecule has 0 aliphatic heterocycles. The first-order valence-corrected chi connectivity index (χ1v) is 8.52. The lowest BCUT2D eigenvalue weighted by Gasteiger charge is -2.08. The highest BCUT2D eigenvalue weighted by Gasteiger charge is 2.19. The Morgan fingerprint density at radius 1 is 1.04 bits per heavy atom. The summed E-state index contributed by atoms with van der Waals surface area (Å²) < 4.78 is 10.6. The van der Waals surface area contributed by atoms with Crippen LogP contribution in [-0.4, -0.2) is 25.0 Å². The van der Waals surface area contributed by atoms with Crippen LogP contribution in [0.25, 0.3) is 11.0 Å². The first-order valence-electron chi connectivity index (χ1n) is 8.52. The molecule has 0 aliphatic carbocycles. The molecule has 134 valence electrons. The number of nitrogens with one attached hydrogen (secondary N) is 1. The smallest absolute Gasteiger partial charge is 0.375 e. The SMILES string of the molecule is Cc1ccccc1CCNC(=O)COC(=O)c1oc2ccccc2c1C. The number of ether oxygens (including phenoxy) is 1. The highest BCUT2D eigenvalue weighted by atomic mass is 16.5. The van der Waals surface area contributed by atoms with E-state index < -0.39 is 5.97 Å². The fourth-order valence-electron chi connectivity index (χ4n) is 2.84. The standard InChI is InChI=1S/C21H21NO4/c1-14-7-3-4-8-16(14)11-12-22-19(23)13-25-21(24)20-15(2)17-9-5-6-10-18(17)26-20/h3-10H,11-13H2,1-2H3,(H,22,23). The lowest BCUT2D eigenvalue weighted by molar-refractivity contribution is -0.124. The van der Waals surface area contributed by atoms with Gasteiger partial charge in [-0.1, -0.05) is 42.5 Å². The molecule has 26 heavy (non-hydrogen) atoms. The minimum Gasteiger partial charge on any atom is -0.450 e. The molecule has 0 saturated carbocycles. The average Bonchev–Trinajstić information content (AvgIpc) is 2.98. The molecule has 1 amide bonds. The normalized spacial score (nSPS) is 10.7. The minimum absolute atomic E-state index is 0.138. The first kappa shape index (κ1) is 17.7. The molecule has 0 atom stereocenters. The van der Waals surface area contributed by atoms with Crippen molar-refractivity contribution in [2.75, 3.05) is 13.2 Å². The molecular weight excluding hydrogens is 330 g/mol. The molecule has 3 aromatic rings. The molecule has 0 bridgehead atoms. The first-order chi connectivity index (χ1) is 12.6. The van der Waals surface area contributed by atoms with Gasteiger partial charge < -0.3 is 14.5 Å². The van der Waals surface area contributed by atoms with E-state index in [4.69, 9.17) is 9.15 Å². The number of esters is 1. The zero-order valence-corrected chi connectivity index (χ0v) is 14.9. The van der Waals surface area contributed by atoms with Crippen LogP contribution in [0.15, 0.2) is 52.9 Å². The van der Waals surface area contributed by atoms with Gasteiger partial charge in [0.2, 0.25) is 5.76 Å². The molecule has 1 heterocycles. The van der Waals surface area contributed by atoms with Gasteiger partial charge in [-0.05, 0) is 37.5 Å². The number of benzene rings is 2. The molecule has 1 aromatic heterocycles. The summed E-state index contributed by atoms with van der Waals surface area (Å²) in [6.45, 7) is 3.99. The minimum atomic E-state index is -0.632. The third-order valence-electron chi connectivity index (χ3n) is 4.34. The Kier molecular flexibility index (Phi) is 5.37. The van der Waals surface area contributed by atoms with E-state index in [9.17, 15) is 9.59 Å². The van der Waals surface area contributed by atoms with Crippen molar-refractivity contribution in [2.24, 2.45) is 0 Å². The van der Waals surface area contributed by atoms with Crippen LogP contribution < -0.4 is 5.32 Å². The summed E-state index contributed by atoms with van der Waals surface area (Å²) in [5, 5.41) is 3.62. The van der Waals surface area contributed by atoms with Gasteiger partial charge in [0, 0.05) is 17.5 Å². The molecular formula is C21H21NO4. The summed E-state index contributed by atoms with van der Waals surface area (Å²) in [5.74, 6) is -0.827. The molecule has 5 nitrogen and oxygen atoms in total. The molecule has 0 unspecified atom stereocenters. The Bertz CT molecular complexity index is 942. The van der Waals surface area contributed by atoms with E-state index in [0.29, 0.717) is 17.7 Å². The summed E-state index contributed by atoms with van der Waals surface area (Å²) in [5.41, 5.74) is 3.71. The number of rotatable bonds is 6. The number of carbonyl (C=O) groups is 2.